The third-order valence-electron chi connectivity index (χ3n) is 2.31. The van der Waals surface area contributed by atoms with E-state index < -0.39 is 0 Å². The Kier molecular flexibility index (Phi) is 2.80. The van der Waals surface area contributed by atoms with Crippen molar-refractivity contribution in [2.45, 2.75) is 26.7 Å². The van der Waals surface area contributed by atoms with E-state index in [4.69, 9.17) is 5.73 Å². The van der Waals surface area contributed by atoms with Gasteiger partial charge in [-0.05, 0) is 12.8 Å². The molecule has 0 saturated carbocycles. The lowest BCUT2D eigenvalue weighted by atomic mass is 10.2. The molecular weight excluding hydrogens is 204 g/mol. The van der Waals surface area contributed by atoms with Crippen LogP contribution in [0.15, 0.2) is 12.4 Å². The molecule has 0 atom stereocenters. The number of hydrogen-bond acceptors (Lipinski definition) is 5. The van der Waals surface area contributed by atoms with E-state index in [-0.39, 0.29) is 0 Å². The molecule has 0 spiro atoms. The number of nitrogens with zero attached hydrogens (tertiary/aromatic N) is 5. The summed E-state index contributed by atoms with van der Waals surface area (Å²) in [5, 5.41) is 12.2. The van der Waals surface area contributed by atoms with Crippen molar-refractivity contribution in [2.24, 2.45) is 0 Å². The molecule has 0 radical (unpaired) electrons. The molecule has 0 saturated heterocycles. The van der Waals surface area contributed by atoms with Gasteiger partial charge in [0.2, 0.25) is 0 Å². The molecule has 2 aromatic heterocycles. The first kappa shape index (κ1) is 10.5. The molecule has 0 aliphatic heterocycles. The molecule has 6 nitrogen and oxygen atoms in total. The number of nitrogens with two attached hydrogens (primary N) is 1. The highest BCUT2D eigenvalue weighted by atomic mass is 15.4. The maximum atomic E-state index is 5.58. The van der Waals surface area contributed by atoms with Gasteiger partial charge in [0.1, 0.15) is 0 Å². The highest BCUT2D eigenvalue weighted by Crippen LogP contribution is 2.08. The first-order chi connectivity index (χ1) is 7.74. The van der Waals surface area contributed by atoms with Crippen LogP contribution < -0.4 is 5.73 Å². The average Bonchev–Trinajstić information content (AvgIpc) is 2.75. The molecule has 0 amide bonds. The van der Waals surface area contributed by atoms with Gasteiger partial charge < -0.3 is 5.73 Å². The second kappa shape index (κ2) is 4.26. The van der Waals surface area contributed by atoms with Crippen molar-refractivity contribution < 1.29 is 0 Å². The van der Waals surface area contributed by atoms with Gasteiger partial charge in [0.25, 0.3) is 5.95 Å². The second-order valence-electron chi connectivity index (χ2n) is 3.43. The van der Waals surface area contributed by atoms with Crippen LogP contribution in [0, 0.1) is 0 Å². The second-order valence-corrected chi connectivity index (χ2v) is 3.43. The number of anilines is 1. The molecule has 0 unspecified atom stereocenters. The normalized spacial score (nSPS) is 10.6. The predicted octanol–water partition coefficient (Wildman–Crippen LogP) is 0.764. The molecule has 0 aliphatic rings. The van der Waals surface area contributed by atoms with Gasteiger partial charge in [-0.1, -0.05) is 13.8 Å². The monoisotopic (exact) mass is 218 g/mol. The third-order valence-corrected chi connectivity index (χ3v) is 2.31. The Bertz CT molecular complexity index is 490. The first-order valence-electron chi connectivity index (χ1n) is 5.27. The van der Waals surface area contributed by atoms with Crippen molar-refractivity contribution in [1.29, 1.82) is 0 Å². The first-order valence-corrected chi connectivity index (χ1v) is 5.27. The largest absolute Gasteiger partial charge is 0.396 e. The Morgan fingerprint density at radius 2 is 1.94 bits per heavy atom. The molecule has 2 N–H and O–H groups in total. The lowest BCUT2D eigenvalue weighted by Gasteiger charge is -2.04. The number of rotatable bonds is 3. The lowest BCUT2D eigenvalue weighted by Crippen LogP contribution is -2.09. The minimum Gasteiger partial charge on any atom is -0.396 e. The smallest absolute Gasteiger partial charge is 0.270 e. The van der Waals surface area contributed by atoms with Crippen LogP contribution in [0.25, 0.3) is 5.95 Å². The van der Waals surface area contributed by atoms with Crippen LogP contribution in [0.5, 0.6) is 0 Å². The summed E-state index contributed by atoms with van der Waals surface area (Å²) < 4.78 is 1.53. The van der Waals surface area contributed by atoms with Crippen LogP contribution >= 0.6 is 0 Å². The Balaban J connectivity index is 2.43. The summed E-state index contributed by atoms with van der Waals surface area (Å²) >= 11 is 0. The van der Waals surface area contributed by atoms with E-state index >= 15 is 0 Å². The van der Waals surface area contributed by atoms with E-state index in [1.807, 2.05) is 13.8 Å². The fourth-order valence-corrected chi connectivity index (χ4v) is 1.47. The molecule has 0 aliphatic carbocycles. The SMILES string of the molecule is CCc1nnc(-n2cc(N)cn2)nc1CC. The summed E-state index contributed by atoms with van der Waals surface area (Å²) in [6, 6.07) is 0. The molecule has 0 bridgehead atoms. The van der Waals surface area contributed by atoms with E-state index in [1.165, 1.54) is 4.68 Å². The van der Waals surface area contributed by atoms with Crippen molar-refractivity contribution in [1.82, 2.24) is 25.0 Å². The Hall–Kier alpha value is -1.98. The van der Waals surface area contributed by atoms with E-state index in [2.05, 4.69) is 20.3 Å². The molecule has 0 aromatic carbocycles. The highest BCUT2D eigenvalue weighted by molar-refractivity contribution is 5.33. The van der Waals surface area contributed by atoms with Crippen LogP contribution in [0.3, 0.4) is 0 Å². The van der Waals surface area contributed by atoms with E-state index in [0.717, 1.165) is 24.2 Å². The Morgan fingerprint density at radius 1 is 1.19 bits per heavy atom. The zero-order chi connectivity index (χ0) is 11.5. The van der Waals surface area contributed by atoms with E-state index in [9.17, 15) is 0 Å². The minimum atomic E-state index is 0.464. The maximum absolute atomic E-state index is 5.58. The molecule has 84 valence electrons. The van der Waals surface area contributed by atoms with Crippen molar-refractivity contribution in [3.05, 3.63) is 23.8 Å². The maximum Gasteiger partial charge on any atom is 0.270 e. The van der Waals surface area contributed by atoms with Gasteiger partial charge in [0.05, 0.1) is 29.5 Å². The molecule has 2 heterocycles. The molecule has 6 heteroatoms. The van der Waals surface area contributed by atoms with Crippen LogP contribution in [-0.2, 0) is 12.8 Å². The third kappa shape index (κ3) is 1.86. The van der Waals surface area contributed by atoms with Crippen LogP contribution in [-0.4, -0.2) is 25.0 Å². The van der Waals surface area contributed by atoms with E-state index in [1.54, 1.807) is 12.4 Å². The van der Waals surface area contributed by atoms with Crippen molar-refractivity contribution in [3.63, 3.8) is 0 Å². The summed E-state index contributed by atoms with van der Waals surface area (Å²) in [5.74, 6) is 0.464. The number of aryl methyl sites for hydroxylation is 2. The standard InChI is InChI=1S/C10H14N6/c1-3-8-9(4-2)14-15-10(13-8)16-6-7(11)5-12-16/h5-6H,3-4,11H2,1-2H3. The summed E-state index contributed by atoms with van der Waals surface area (Å²) in [6.07, 6.45) is 4.90. The molecule has 0 fully saturated rings. The predicted molar refractivity (Wildman–Crippen MR) is 60.1 cm³/mol. The average molecular weight is 218 g/mol. The Labute approximate surface area is 93.5 Å². The summed E-state index contributed by atoms with van der Waals surface area (Å²) in [6.45, 7) is 4.08. The van der Waals surface area contributed by atoms with Gasteiger partial charge in [0.15, 0.2) is 0 Å². The van der Waals surface area contributed by atoms with Crippen LogP contribution in [0.2, 0.25) is 0 Å². The fraction of sp³-hybridized carbons (Fsp3) is 0.400. The quantitative estimate of drug-likeness (QED) is 0.822. The van der Waals surface area contributed by atoms with Gasteiger partial charge in [-0.3, -0.25) is 0 Å². The van der Waals surface area contributed by atoms with Gasteiger partial charge in [-0.15, -0.1) is 10.2 Å². The fourth-order valence-electron chi connectivity index (χ4n) is 1.47. The van der Waals surface area contributed by atoms with E-state index in [0.29, 0.717) is 11.6 Å². The Morgan fingerprint density at radius 3 is 2.50 bits per heavy atom. The van der Waals surface area contributed by atoms with Crippen LogP contribution in [0.4, 0.5) is 5.69 Å². The summed E-state index contributed by atoms with van der Waals surface area (Å²) in [7, 11) is 0. The number of nitrogen functional groups attached to an aromatic ring is 1. The molecular formula is C10H14N6. The topological polar surface area (TPSA) is 82.5 Å². The number of hydrogen-bond donors (Lipinski definition) is 1. The minimum absolute atomic E-state index is 0.464. The highest BCUT2D eigenvalue weighted by Gasteiger charge is 2.08. The molecule has 2 rings (SSSR count). The van der Waals surface area contributed by atoms with Crippen molar-refractivity contribution in [2.75, 3.05) is 5.73 Å². The molecule has 2 aromatic rings. The van der Waals surface area contributed by atoms with Gasteiger partial charge in [-0.2, -0.15) is 5.10 Å². The summed E-state index contributed by atoms with van der Waals surface area (Å²) in [5.41, 5.74) is 8.06. The number of aromatic nitrogens is 5. The zero-order valence-electron chi connectivity index (χ0n) is 9.38. The van der Waals surface area contributed by atoms with Crippen molar-refractivity contribution >= 4 is 5.69 Å². The van der Waals surface area contributed by atoms with Gasteiger partial charge >= 0.3 is 0 Å². The molecule has 16 heavy (non-hydrogen) atoms. The van der Waals surface area contributed by atoms with Gasteiger partial charge in [0, 0.05) is 0 Å². The zero-order valence-corrected chi connectivity index (χ0v) is 9.38. The van der Waals surface area contributed by atoms with Crippen molar-refractivity contribution in [3.8, 4) is 5.95 Å². The lowest BCUT2D eigenvalue weighted by molar-refractivity contribution is 0.730. The summed E-state index contributed by atoms with van der Waals surface area (Å²) in [4.78, 5) is 4.42. The van der Waals surface area contributed by atoms with Crippen LogP contribution in [0.1, 0.15) is 25.2 Å². The van der Waals surface area contributed by atoms with Gasteiger partial charge in [-0.25, -0.2) is 9.67 Å².